The molecular formula is C20H31IN6O. The molecule has 0 radical (unpaired) electrons. The Labute approximate surface area is 184 Å². The van der Waals surface area contributed by atoms with Gasteiger partial charge in [-0.2, -0.15) is 0 Å². The van der Waals surface area contributed by atoms with E-state index < -0.39 is 0 Å². The largest absolute Gasteiger partial charge is 0.492 e. The van der Waals surface area contributed by atoms with Crippen LogP contribution in [0.3, 0.4) is 0 Å². The fourth-order valence-electron chi connectivity index (χ4n) is 2.40. The Kier molecular flexibility index (Phi) is 11.2. The zero-order valence-corrected chi connectivity index (χ0v) is 19.3. The second-order valence-electron chi connectivity index (χ2n) is 6.43. The monoisotopic (exact) mass is 498 g/mol. The van der Waals surface area contributed by atoms with E-state index in [1.165, 1.54) is 5.56 Å². The minimum absolute atomic E-state index is 0. The molecule has 7 nitrogen and oxygen atoms in total. The van der Waals surface area contributed by atoms with Crippen molar-refractivity contribution in [3.05, 3.63) is 54.1 Å². The molecule has 0 atom stereocenters. The summed E-state index contributed by atoms with van der Waals surface area (Å²) in [6.07, 6.45) is 2.62. The summed E-state index contributed by atoms with van der Waals surface area (Å²) >= 11 is 0. The lowest BCUT2D eigenvalue weighted by molar-refractivity contribution is 0.322. The number of aliphatic imine (C=N–C) groups is 1. The quantitative estimate of drug-likeness (QED) is 0.173. The molecule has 0 aliphatic rings. The Morgan fingerprint density at radius 1 is 1.21 bits per heavy atom. The molecule has 154 valence electrons. The molecule has 28 heavy (non-hydrogen) atoms. The highest BCUT2D eigenvalue weighted by Crippen LogP contribution is 2.10. The normalized spacial score (nSPS) is 10.9. The van der Waals surface area contributed by atoms with Gasteiger partial charge in [-0.1, -0.05) is 36.8 Å². The van der Waals surface area contributed by atoms with Crippen LogP contribution in [0, 0.1) is 6.92 Å². The highest BCUT2D eigenvalue weighted by atomic mass is 127. The molecule has 0 saturated heterocycles. The third kappa shape index (κ3) is 8.73. The molecule has 0 aliphatic heterocycles. The van der Waals surface area contributed by atoms with E-state index in [4.69, 9.17) is 4.74 Å². The van der Waals surface area contributed by atoms with Gasteiger partial charge in [0.1, 0.15) is 24.5 Å². The molecule has 0 fully saturated rings. The van der Waals surface area contributed by atoms with Gasteiger partial charge in [0.05, 0.1) is 13.1 Å². The molecule has 1 aromatic heterocycles. The highest BCUT2D eigenvalue weighted by Gasteiger charge is 2.03. The second-order valence-corrected chi connectivity index (χ2v) is 6.43. The number of aromatic nitrogens is 3. The van der Waals surface area contributed by atoms with Crippen LogP contribution in [-0.2, 0) is 13.0 Å². The van der Waals surface area contributed by atoms with Crippen molar-refractivity contribution in [2.45, 2.75) is 33.7 Å². The number of halogens is 1. The Morgan fingerprint density at radius 3 is 2.61 bits per heavy atom. The first-order valence-electron chi connectivity index (χ1n) is 9.31. The maximum atomic E-state index is 5.75. The molecule has 2 N–H and O–H groups in total. The first-order valence-corrected chi connectivity index (χ1v) is 9.31. The van der Waals surface area contributed by atoms with Gasteiger partial charge in [0.25, 0.3) is 0 Å². The first kappa shape index (κ1) is 23.9. The molecule has 0 aliphatic carbocycles. The van der Waals surface area contributed by atoms with E-state index >= 15 is 0 Å². The molecule has 0 unspecified atom stereocenters. The number of ether oxygens (including phenoxy) is 1. The van der Waals surface area contributed by atoms with Crippen LogP contribution < -0.4 is 15.4 Å². The van der Waals surface area contributed by atoms with Crippen molar-refractivity contribution in [3.63, 3.8) is 0 Å². The summed E-state index contributed by atoms with van der Waals surface area (Å²) in [5.41, 5.74) is 2.23. The van der Waals surface area contributed by atoms with Crippen molar-refractivity contribution in [1.82, 2.24) is 25.4 Å². The SMILES string of the molecule is C=C(C)CN=C(NCCOc1ccc(C)cc1)NCCn1cnnc1CC.I. The zero-order chi connectivity index (χ0) is 19.5. The maximum absolute atomic E-state index is 5.75. The minimum atomic E-state index is 0. The number of hydrogen-bond donors (Lipinski definition) is 2. The van der Waals surface area contributed by atoms with E-state index in [1.807, 2.05) is 35.8 Å². The van der Waals surface area contributed by atoms with Crippen molar-refractivity contribution in [1.29, 1.82) is 0 Å². The van der Waals surface area contributed by atoms with Crippen molar-refractivity contribution in [3.8, 4) is 5.75 Å². The third-order valence-corrected chi connectivity index (χ3v) is 3.85. The van der Waals surface area contributed by atoms with Gasteiger partial charge in [-0.15, -0.1) is 34.2 Å². The fraction of sp³-hybridized carbons (Fsp3) is 0.450. The molecule has 0 saturated carbocycles. The smallest absolute Gasteiger partial charge is 0.191 e. The zero-order valence-electron chi connectivity index (χ0n) is 16.9. The summed E-state index contributed by atoms with van der Waals surface area (Å²) in [5.74, 6) is 2.60. The van der Waals surface area contributed by atoms with Crippen LogP contribution in [0.15, 0.2) is 47.7 Å². The number of hydrogen-bond acceptors (Lipinski definition) is 4. The lowest BCUT2D eigenvalue weighted by atomic mass is 10.2. The maximum Gasteiger partial charge on any atom is 0.191 e. The lowest BCUT2D eigenvalue weighted by Crippen LogP contribution is -2.41. The topological polar surface area (TPSA) is 76.4 Å². The van der Waals surface area contributed by atoms with E-state index in [2.05, 4.69) is 46.2 Å². The van der Waals surface area contributed by atoms with Crippen molar-refractivity contribution in [2.24, 2.45) is 4.99 Å². The molecular weight excluding hydrogens is 467 g/mol. The predicted octanol–water partition coefficient (Wildman–Crippen LogP) is 2.96. The van der Waals surface area contributed by atoms with Gasteiger partial charge in [-0.3, -0.25) is 0 Å². The summed E-state index contributed by atoms with van der Waals surface area (Å²) < 4.78 is 7.79. The van der Waals surface area contributed by atoms with Gasteiger partial charge < -0.3 is 19.9 Å². The van der Waals surface area contributed by atoms with Gasteiger partial charge in [0, 0.05) is 19.5 Å². The van der Waals surface area contributed by atoms with Crippen LogP contribution in [-0.4, -0.2) is 47.0 Å². The number of aryl methyl sites for hydroxylation is 2. The molecule has 0 bridgehead atoms. The molecule has 2 rings (SSSR count). The Morgan fingerprint density at radius 2 is 1.93 bits per heavy atom. The fourth-order valence-corrected chi connectivity index (χ4v) is 2.40. The van der Waals surface area contributed by atoms with E-state index in [1.54, 1.807) is 6.33 Å². The van der Waals surface area contributed by atoms with Gasteiger partial charge >= 0.3 is 0 Å². The number of rotatable bonds is 10. The summed E-state index contributed by atoms with van der Waals surface area (Å²) in [6, 6.07) is 8.04. The van der Waals surface area contributed by atoms with Crippen LogP contribution in [0.2, 0.25) is 0 Å². The average Bonchev–Trinajstić information content (AvgIpc) is 3.11. The van der Waals surface area contributed by atoms with Crippen LogP contribution in [0.4, 0.5) is 0 Å². The summed E-state index contributed by atoms with van der Waals surface area (Å²) in [4.78, 5) is 4.54. The van der Waals surface area contributed by atoms with Crippen molar-refractivity contribution >= 4 is 29.9 Å². The minimum Gasteiger partial charge on any atom is -0.492 e. The van der Waals surface area contributed by atoms with Crippen molar-refractivity contribution in [2.75, 3.05) is 26.2 Å². The summed E-state index contributed by atoms with van der Waals surface area (Å²) in [5, 5.41) is 14.7. The lowest BCUT2D eigenvalue weighted by Gasteiger charge is -2.14. The Bertz CT molecular complexity index is 741. The molecule has 2 aromatic rings. The van der Waals surface area contributed by atoms with E-state index in [0.29, 0.717) is 19.7 Å². The second kappa shape index (κ2) is 13.1. The van der Waals surface area contributed by atoms with Gasteiger partial charge in [-0.05, 0) is 26.0 Å². The van der Waals surface area contributed by atoms with Crippen LogP contribution >= 0.6 is 24.0 Å². The predicted molar refractivity (Wildman–Crippen MR) is 125 cm³/mol. The number of nitrogens with one attached hydrogen (secondary N) is 2. The van der Waals surface area contributed by atoms with E-state index in [-0.39, 0.29) is 24.0 Å². The summed E-state index contributed by atoms with van der Waals surface area (Å²) in [6.45, 7) is 13.3. The van der Waals surface area contributed by atoms with Crippen LogP contribution in [0.1, 0.15) is 25.2 Å². The van der Waals surface area contributed by atoms with Crippen LogP contribution in [0.5, 0.6) is 5.75 Å². The average molecular weight is 498 g/mol. The number of nitrogens with zero attached hydrogens (tertiary/aromatic N) is 4. The summed E-state index contributed by atoms with van der Waals surface area (Å²) in [7, 11) is 0. The highest BCUT2D eigenvalue weighted by molar-refractivity contribution is 14.0. The molecule has 8 heteroatoms. The Hall–Kier alpha value is -2.10. The van der Waals surface area contributed by atoms with E-state index in [0.717, 1.165) is 42.6 Å². The first-order chi connectivity index (χ1) is 13.1. The third-order valence-electron chi connectivity index (χ3n) is 3.85. The Balaban J connectivity index is 0.00000392. The molecule has 0 amide bonds. The van der Waals surface area contributed by atoms with Crippen LogP contribution in [0.25, 0.3) is 0 Å². The number of guanidine groups is 1. The standard InChI is InChI=1S/C20H30N6O.HI/c1-5-19-25-24-15-26(19)12-10-21-20(23-14-16(2)3)22-11-13-27-18-8-6-17(4)7-9-18;/h6-9,15H,2,5,10-14H2,1,3-4H3,(H2,21,22,23);1H. The van der Waals surface area contributed by atoms with E-state index in [9.17, 15) is 0 Å². The molecule has 1 aromatic carbocycles. The van der Waals surface area contributed by atoms with Gasteiger partial charge in [0.15, 0.2) is 5.96 Å². The van der Waals surface area contributed by atoms with Gasteiger partial charge in [-0.25, -0.2) is 4.99 Å². The number of benzene rings is 1. The van der Waals surface area contributed by atoms with Gasteiger partial charge in [0.2, 0.25) is 0 Å². The molecule has 0 spiro atoms. The van der Waals surface area contributed by atoms with Crippen molar-refractivity contribution < 1.29 is 4.74 Å². The molecule has 1 heterocycles.